The summed E-state index contributed by atoms with van der Waals surface area (Å²) >= 11 is 0. The lowest BCUT2D eigenvalue weighted by molar-refractivity contribution is -0.902. The lowest BCUT2D eigenvalue weighted by atomic mass is 10.1. The minimum Gasteiger partial charge on any atom is -0.477 e. The van der Waals surface area contributed by atoms with E-state index in [2.05, 4.69) is 13.6 Å². The van der Waals surface area contributed by atoms with E-state index in [1.165, 1.54) is 13.0 Å². The van der Waals surface area contributed by atoms with Gasteiger partial charge < -0.3 is 5.11 Å². The van der Waals surface area contributed by atoms with Gasteiger partial charge in [-0.15, -0.1) is 0 Å². The molecule has 0 saturated carbocycles. The normalized spacial score (nSPS) is 11.4. The molecular weight excluding hydrogens is 288 g/mol. The first-order chi connectivity index (χ1) is 9.43. The second-order valence-corrected chi connectivity index (χ2v) is 4.86. The van der Waals surface area contributed by atoms with Gasteiger partial charge >= 0.3 is 16.4 Å². The van der Waals surface area contributed by atoms with Crippen molar-refractivity contribution in [3.05, 3.63) is 36.0 Å². The van der Waals surface area contributed by atoms with Crippen LogP contribution in [0.5, 0.6) is 0 Å². The summed E-state index contributed by atoms with van der Waals surface area (Å²) in [6.45, 7) is 1.37. The highest BCUT2D eigenvalue weighted by atomic mass is 32.3. The summed E-state index contributed by atoms with van der Waals surface area (Å²) < 4.78 is 31.6. The molecule has 20 heavy (non-hydrogen) atoms. The van der Waals surface area contributed by atoms with Crippen molar-refractivity contribution in [2.24, 2.45) is 0 Å². The fourth-order valence-electron chi connectivity index (χ4n) is 1.57. The predicted molar refractivity (Wildman–Crippen MR) is 66.0 cm³/mol. The summed E-state index contributed by atoms with van der Waals surface area (Å²) in [5.74, 6) is -1.23. The quantitative estimate of drug-likeness (QED) is 0.770. The highest BCUT2D eigenvalue weighted by molar-refractivity contribution is 7.81. The average Bonchev–Trinajstić information content (AvgIpc) is 2.36. The number of hydrogen-bond acceptors (Lipinski definition) is 6. The topological polar surface area (TPSA) is 107 Å². The summed E-state index contributed by atoms with van der Waals surface area (Å²) in [4.78, 5) is 11.7. The maximum Gasteiger partial charge on any atom is 0.505 e. The molecule has 2 aromatic rings. The predicted octanol–water partition coefficient (Wildman–Crippen LogP) is -0.0696. The molecule has 0 unspecified atom stereocenters. The van der Waals surface area contributed by atoms with Gasteiger partial charge in [-0.25, -0.2) is 8.98 Å². The van der Waals surface area contributed by atoms with E-state index in [1.54, 1.807) is 18.2 Å². The van der Waals surface area contributed by atoms with Gasteiger partial charge in [0.15, 0.2) is 0 Å². The van der Waals surface area contributed by atoms with Crippen LogP contribution in [-0.4, -0.2) is 31.2 Å². The Labute approximate surface area is 114 Å². The van der Waals surface area contributed by atoms with Gasteiger partial charge in [0.25, 0.3) is 6.20 Å². The molecule has 8 nitrogen and oxygen atoms in total. The van der Waals surface area contributed by atoms with Gasteiger partial charge in [0.05, 0.1) is 11.7 Å². The second-order valence-electron chi connectivity index (χ2n) is 3.66. The minimum absolute atomic E-state index is 0.109. The van der Waals surface area contributed by atoms with Gasteiger partial charge in [0, 0.05) is 5.39 Å². The number of nitrogens with zero attached hydrogens (tertiary/aromatic N) is 2. The SMILES string of the molecule is CCOS(=O)(=O)O[n+]1cc(C(=O)O)c2ccccc2n1. The van der Waals surface area contributed by atoms with Gasteiger partial charge in [-0.2, -0.15) is 8.42 Å². The van der Waals surface area contributed by atoms with E-state index >= 15 is 0 Å². The first kappa shape index (κ1) is 14.2. The van der Waals surface area contributed by atoms with Crippen molar-refractivity contribution < 1.29 is 31.6 Å². The Morgan fingerprint density at radius 1 is 1.40 bits per heavy atom. The van der Waals surface area contributed by atoms with Crippen LogP contribution < -0.4 is 9.13 Å². The van der Waals surface area contributed by atoms with Crippen LogP contribution in [-0.2, 0) is 14.6 Å². The molecule has 0 aliphatic heterocycles. The number of benzene rings is 1. The minimum atomic E-state index is -4.29. The third kappa shape index (κ3) is 3.00. The summed E-state index contributed by atoms with van der Waals surface area (Å²) in [5, 5.41) is 13.4. The molecule has 0 saturated heterocycles. The van der Waals surface area contributed by atoms with E-state index in [-0.39, 0.29) is 17.7 Å². The molecule has 1 aromatic carbocycles. The Hall–Kier alpha value is -2.26. The zero-order chi connectivity index (χ0) is 14.8. The van der Waals surface area contributed by atoms with Gasteiger partial charge in [-0.3, -0.25) is 0 Å². The number of carbonyl (C=O) groups is 1. The standard InChI is InChI=1S/C11H10N2O6S/c1-2-18-20(16,17)19-13-7-9(11(14)15)8-5-3-4-6-10(8)12-13/h3-7H,2H2,1H3/p+1. The van der Waals surface area contributed by atoms with Crippen LogP contribution in [0, 0.1) is 0 Å². The van der Waals surface area contributed by atoms with E-state index in [9.17, 15) is 13.2 Å². The monoisotopic (exact) mass is 299 g/mol. The van der Waals surface area contributed by atoms with Crippen LogP contribution in [0.3, 0.4) is 0 Å². The van der Waals surface area contributed by atoms with Crippen molar-refractivity contribution in [3.63, 3.8) is 0 Å². The molecule has 0 aliphatic rings. The number of carboxylic acid groups (broad SMARTS) is 1. The largest absolute Gasteiger partial charge is 0.505 e. The lowest BCUT2D eigenvalue weighted by Crippen LogP contribution is -2.49. The van der Waals surface area contributed by atoms with Crippen molar-refractivity contribution >= 4 is 27.3 Å². The van der Waals surface area contributed by atoms with Gasteiger partial charge in [0.2, 0.25) is 0 Å². The van der Waals surface area contributed by atoms with Crippen molar-refractivity contribution in [1.82, 2.24) is 5.10 Å². The molecule has 1 aromatic heterocycles. The molecule has 0 aliphatic carbocycles. The molecular formula is C11H11N2O6S+. The molecule has 106 valence electrons. The molecule has 0 radical (unpaired) electrons. The number of fused-ring (bicyclic) bond motifs is 1. The molecule has 0 amide bonds. The Morgan fingerprint density at radius 2 is 2.10 bits per heavy atom. The third-order valence-corrected chi connectivity index (χ3v) is 3.16. The Bertz CT molecular complexity index is 759. The van der Waals surface area contributed by atoms with Gasteiger partial charge in [-0.1, -0.05) is 22.5 Å². The fourth-order valence-corrected chi connectivity index (χ4v) is 2.17. The van der Waals surface area contributed by atoms with E-state index in [1.807, 2.05) is 0 Å². The smallest absolute Gasteiger partial charge is 0.477 e. The van der Waals surface area contributed by atoms with E-state index in [4.69, 9.17) is 5.11 Å². The van der Waals surface area contributed by atoms with Crippen LogP contribution in [0.15, 0.2) is 30.5 Å². The van der Waals surface area contributed by atoms with Crippen LogP contribution in [0.1, 0.15) is 17.3 Å². The third-order valence-electron chi connectivity index (χ3n) is 2.30. The lowest BCUT2D eigenvalue weighted by Gasteiger charge is -2.00. The average molecular weight is 299 g/mol. The number of aromatic nitrogens is 2. The van der Waals surface area contributed by atoms with Gasteiger partial charge in [0.1, 0.15) is 15.9 Å². The summed E-state index contributed by atoms with van der Waals surface area (Å²) in [5.41, 5.74) is 0.140. The molecule has 9 heteroatoms. The highest BCUT2D eigenvalue weighted by Crippen LogP contribution is 2.14. The molecule has 0 bridgehead atoms. The Balaban J connectivity index is 2.53. The second kappa shape index (κ2) is 5.39. The molecule has 0 spiro atoms. The maximum absolute atomic E-state index is 11.4. The number of rotatable bonds is 5. The van der Waals surface area contributed by atoms with Crippen molar-refractivity contribution in [1.29, 1.82) is 0 Å². The Morgan fingerprint density at radius 3 is 2.75 bits per heavy atom. The first-order valence-electron chi connectivity index (χ1n) is 5.57. The molecule has 0 atom stereocenters. The maximum atomic E-state index is 11.4. The van der Waals surface area contributed by atoms with E-state index in [0.29, 0.717) is 10.2 Å². The zero-order valence-corrected chi connectivity index (χ0v) is 11.2. The highest BCUT2D eigenvalue weighted by Gasteiger charge is 2.25. The first-order valence-corrected chi connectivity index (χ1v) is 6.90. The van der Waals surface area contributed by atoms with Crippen molar-refractivity contribution in [2.75, 3.05) is 6.61 Å². The van der Waals surface area contributed by atoms with Crippen molar-refractivity contribution in [2.45, 2.75) is 6.92 Å². The van der Waals surface area contributed by atoms with Crippen molar-refractivity contribution in [3.8, 4) is 0 Å². The fraction of sp³-hybridized carbons (Fsp3) is 0.182. The molecule has 0 fully saturated rings. The van der Waals surface area contributed by atoms with E-state index in [0.717, 1.165) is 6.20 Å². The van der Waals surface area contributed by atoms with Crippen LogP contribution in [0.2, 0.25) is 0 Å². The summed E-state index contributed by atoms with van der Waals surface area (Å²) in [6, 6.07) is 6.39. The van der Waals surface area contributed by atoms with E-state index < -0.39 is 16.4 Å². The van der Waals surface area contributed by atoms with Gasteiger partial charge in [-0.05, 0) is 13.0 Å². The zero-order valence-electron chi connectivity index (χ0n) is 10.4. The summed E-state index contributed by atoms with van der Waals surface area (Å²) in [7, 11) is -4.29. The number of aromatic carboxylic acids is 1. The molecule has 1 heterocycles. The molecule has 1 N–H and O–H groups in total. The molecule has 2 rings (SSSR count). The summed E-state index contributed by atoms with van der Waals surface area (Å²) in [6.07, 6.45) is 0.960. The number of carboxylic acids is 1. The van der Waals surface area contributed by atoms with Crippen LogP contribution >= 0.6 is 0 Å². The van der Waals surface area contributed by atoms with Crippen LogP contribution in [0.25, 0.3) is 10.9 Å². The Kier molecular flexibility index (Phi) is 3.81. The van der Waals surface area contributed by atoms with Crippen LogP contribution in [0.4, 0.5) is 0 Å². The number of hydrogen-bond donors (Lipinski definition) is 1.